The van der Waals surface area contributed by atoms with Crippen molar-refractivity contribution in [3.05, 3.63) is 0 Å². The van der Waals surface area contributed by atoms with Gasteiger partial charge in [-0.15, -0.1) is 0 Å². The fraction of sp³-hybridized carbons (Fsp3) is 0.917. The topological polar surface area (TPSA) is 29.1 Å². The van der Waals surface area contributed by atoms with Crippen LogP contribution in [0.2, 0.25) is 0 Å². The standard InChI is InChI=1S/C12H25NO/c1-7-11(14)10(8-9(2)3)13-12(4,5)6/h9-10,13H,7-8H2,1-6H3. The van der Waals surface area contributed by atoms with Gasteiger partial charge >= 0.3 is 0 Å². The van der Waals surface area contributed by atoms with Crippen molar-refractivity contribution in [3.8, 4) is 0 Å². The molecule has 1 atom stereocenters. The summed E-state index contributed by atoms with van der Waals surface area (Å²) >= 11 is 0. The van der Waals surface area contributed by atoms with E-state index in [0.717, 1.165) is 6.42 Å². The zero-order chi connectivity index (χ0) is 11.4. The number of nitrogens with one attached hydrogen (secondary N) is 1. The predicted molar refractivity (Wildman–Crippen MR) is 61.4 cm³/mol. The minimum atomic E-state index is 0.0182. The zero-order valence-corrected chi connectivity index (χ0v) is 10.5. The summed E-state index contributed by atoms with van der Waals surface area (Å²) in [6.45, 7) is 12.5. The molecule has 84 valence electrons. The average molecular weight is 199 g/mol. The van der Waals surface area contributed by atoms with Gasteiger partial charge in [-0.05, 0) is 33.1 Å². The normalized spacial score (nSPS) is 14.5. The Morgan fingerprint density at radius 2 is 1.79 bits per heavy atom. The molecule has 0 aromatic carbocycles. The maximum Gasteiger partial charge on any atom is 0.149 e. The summed E-state index contributed by atoms with van der Waals surface area (Å²) in [5, 5.41) is 3.39. The van der Waals surface area contributed by atoms with Crippen molar-refractivity contribution in [1.82, 2.24) is 5.32 Å². The van der Waals surface area contributed by atoms with Crippen LogP contribution in [0.25, 0.3) is 0 Å². The molecule has 14 heavy (non-hydrogen) atoms. The lowest BCUT2D eigenvalue weighted by Crippen LogP contribution is -2.48. The minimum absolute atomic E-state index is 0.0182. The molecular formula is C12H25NO. The van der Waals surface area contributed by atoms with Gasteiger partial charge in [0.25, 0.3) is 0 Å². The number of ketones is 1. The number of rotatable bonds is 5. The molecule has 2 heteroatoms. The first-order valence-corrected chi connectivity index (χ1v) is 5.56. The molecule has 0 heterocycles. The lowest BCUT2D eigenvalue weighted by Gasteiger charge is -2.28. The van der Waals surface area contributed by atoms with E-state index in [0.29, 0.717) is 18.1 Å². The Labute approximate surface area is 88.5 Å². The molecule has 0 fully saturated rings. The molecule has 0 aliphatic heterocycles. The molecular weight excluding hydrogens is 174 g/mol. The van der Waals surface area contributed by atoms with Crippen molar-refractivity contribution in [3.63, 3.8) is 0 Å². The summed E-state index contributed by atoms with van der Waals surface area (Å²) in [6.07, 6.45) is 1.56. The number of Topliss-reactive ketones (excluding diaryl/α,β-unsaturated/α-hetero) is 1. The monoisotopic (exact) mass is 199 g/mol. The van der Waals surface area contributed by atoms with Crippen molar-refractivity contribution in [2.75, 3.05) is 0 Å². The average Bonchev–Trinajstić information content (AvgIpc) is 1.98. The second-order valence-corrected chi connectivity index (χ2v) is 5.40. The zero-order valence-electron chi connectivity index (χ0n) is 10.5. The highest BCUT2D eigenvalue weighted by Crippen LogP contribution is 2.11. The smallest absolute Gasteiger partial charge is 0.149 e. The number of hydrogen-bond acceptors (Lipinski definition) is 2. The third-order valence-electron chi connectivity index (χ3n) is 2.05. The van der Waals surface area contributed by atoms with Crippen molar-refractivity contribution in [2.45, 2.75) is 66.0 Å². The Hall–Kier alpha value is -0.370. The molecule has 0 radical (unpaired) electrons. The molecule has 0 aromatic rings. The first-order chi connectivity index (χ1) is 6.26. The Bertz CT molecular complexity index is 179. The van der Waals surface area contributed by atoms with E-state index in [2.05, 4.69) is 39.9 Å². The van der Waals surface area contributed by atoms with E-state index in [4.69, 9.17) is 0 Å². The Morgan fingerprint density at radius 3 is 2.07 bits per heavy atom. The lowest BCUT2D eigenvalue weighted by atomic mass is 9.96. The molecule has 1 unspecified atom stereocenters. The summed E-state index contributed by atoms with van der Waals surface area (Å²) < 4.78 is 0. The number of carbonyl (C=O) groups excluding carboxylic acids is 1. The van der Waals surface area contributed by atoms with Gasteiger partial charge in [0, 0.05) is 12.0 Å². The molecule has 0 saturated carbocycles. The van der Waals surface area contributed by atoms with Gasteiger partial charge in [-0.25, -0.2) is 0 Å². The second-order valence-electron chi connectivity index (χ2n) is 5.40. The lowest BCUT2D eigenvalue weighted by molar-refractivity contribution is -0.121. The van der Waals surface area contributed by atoms with E-state index in [1.165, 1.54) is 0 Å². The van der Waals surface area contributed by atoms with Gasteiger partial charge in [0.15, 0.2) is 0 Å². The number of hydrogen-bond donors (Lipinski definition) is 1. The third-order valence-corrected chi connectivity index (χ3v) is 2.05. The van der Waals surface area contributed by atoms with Crippen molar-refractivity contribution >= 4 is 5.78 Å². The molecule has 1 N–H and O–H groups in total. The molecule has 0 amide bonds. The molecule has 0 aliphatic carbocycles. The fourth-order valence-corrected chi connectivity index (χ4v) is 1.51. The van der Waals surface area contributed by atoms with Gasteiger partial charge in [-0.2, -0.15) is 0 Å². The molecule has 2 nitrogen and oxygen atoms in total. The predicted octanol–water partition coefficient (Wildman–Crippen LogP) is 2.77. The summed E-state index contributed by atoms with van der Waals surface area (Å²) in [5.74, 6) is 0.888. The van der Waals surface area contributed by atoms with Gasteiger partial charge in [-0.1, -0.05) is 20.8 Å². The van der Waals surface area contributed by atoms with Gasteiger partial charge < -0.3 is 5.32 Å². The summed E-state index contributed by atoms with van der Waals surface area (Å²) in [6, 6.07) is 0.0278. The molecule has 0 aromatic heterocycles. The highest BCUT2D eigenvalue weighted by atomic mass is 16.1. The maximum atomic E-state index is 11.7. The molecule has 0 spiro atoms. The van der Waals surface area contributed by atoms with E-state index < -0.39 is 0 Å². The van der Waals surface area contributed by atoms with Crippen molar-refractivity contribution in [2.24, 2.45) is 5.92 Å². The van der Waals surface area contributed by atoms with Crippen LogP contribution in [0.1, 0.15) is 54.4 Å². The minimum Gasteiger partial charge on any atom is -0.303 e. The third kappa shape index (κ3) is 6.14. The highest BCUT2D eigenvalue weighted by molar-refractivity contribution is 5.83. The van der Waals surface area contributed by atoms with Crippen LogP contribution >= 0.6 is 0 Å². The van der Waals surface area contributed by atoms with E-state index in [9.17, 15) is 4.79 Å². The maximum absolute atomic E-state index is 11.7. The Kier molecular flexibility index (Phi) is 5.35. The molecule has 0 saturated heterocycles. The Balaban J connectivity index is 4.33. The Morgan fingerprint density at radius 1 is 1.29 bits per heavy atom. The quantitative estimate of drug-likeness (QED) is 0.737. The van der Waals surface area contributed by atoms with Crippen LogP contribution in [0.3, 0.4) is 0 Å². The van der Waals surface area contributed by atoms with Gasteiger partial charge in [-0.3, -0.25) is 4.79 Å². The largest absolute Gasteiger partial charge is 0.303 e. The van der Waals surface area contributed by atoms with Crippen LogP contribution in [0.4, 0.5) is 0 Å². The van der Waals surface area contributed by atoms with Crippen LogP contribution in [-0.4, -0.2) is 17.4 Å². The van der Waals surface area contributed by atoms with E-state index in [-0.39, 0.29) is 11.6 Å². The van der Waals surface area contributed by atoms with Crippen LogP contribution in [0, 0.1) is 5.92 Å². The summed E-state index contributed by atoms with van der Waals surface area (Å²) in [5.41, 5.74) is 0.0182. The summed E-state index contributed by atoms with van der Waals surface area (Å²) in [7, 11) is 0. The second kappa shape index (κ2) is 5.50. The van der Waals surface area contributed by atoms with Gasteiger partial charge in [0.05, 0.1) is 6.04 Å². The van der Waals surface area contributed by atoms with Crippen LogP contribution < -0.4 is 5.32 Å². The number of carbonyl (C=O) groups is 1. The van der Waals surface area contributed by atoms with Crippen LogP contribution in [0.5, 0.6) is 0 Å². The van der Waals surface area contributed by atoms with Crippen LogP contribution in [-0.2, 0) is 4.79 Å². The van der Waals surface area contributed by atoms with Crippen LogP contribution in [0.15, 0.2) is 0 Å². The first-order valence-electron chi connectivity index (χ1n) is 5.56. The van der Waals surface area contributed by atoms with Crippen molar-refractivity contribution in [1.29, 1.82) is 0 Å². The van der Waals surface area contributed by atoms with E-state index in [1.54, 1.807) is 0 Å². The SMILES string of the molecule is CCC(=O)C(CC(C)C)NC(C)(C)C. The van der Waals surface area contributed by atoms with Gasteiger partial charge in [0.2, 0.25) is 0 Å². The first kappa shape index (κ1) is 13.6. The van der Waals surface area contributed by atoms with Crippen molar-refractivity contribution < 1.29 is 4.79 Å². The molecule has 0 rings (SSSR count). The van der Waals surface area contributed by atoms with Gasteiger partial charge in [0.1, 0.15) is 5.78 Å². The summed E-state index contributed by atoms with van der Waals surface area (Å²) in [4.78, 5) is 11.7. The fourth-order valence-electron chi connectivity index (χ4n) is 1.51. The molecule has 0 aliphatic rings. The highest BCUT2D eigenvalue weighted by Gasteiger charge is 2.22. The molecule has 0 bridgehead atoms. The van der Waals surface area contributed by atoms with E-state index >= 15 is 0 Å². The van der Waals surface area contributed by atoms with E-state index in [1.807, 2.05) is 6.92 Å².